The summed E-state index contributed by atoms with van der Waals surface area (Å²) in [6.45, 7) is 1.41. The van der Waals surface area contributed by atoms with Crippen molar-refractivity contribution in [3.05, 3.63) is 58.6 Å². The Morgan fingerprint density at radius 1 is 1.24 bits per heavy atom. The van der Waals surface area contributed by atoms with Gasteiger partial charge in [-0.2, -0.15) is 5.26 Å². The molecule has 0 atom stereocenters. The van der Waals surface area contributed by atoms with E-state index in [4.69, 9.17) is 16.9 Å². The minimum absolute atomic E-state index is 0.305. The van der Waals surface area contributed by atoms with E-state index in [1.165, 1.54) is 24.3 Å². The minimum Gasteiger partial charge on any atom is -0.324 e. The number of rotatable bonds is 5. The van der Waals surface area contributed by atoms with Crippen molar-refractivity contribution < 1.29 is 13.2 Å². The van der Waals surface area contributed by atoms with Gasteiger partial charge >= 0.3 is 0 Å². The predicted molar refractivity (Wildman–Crippen MR) is 98.2 cm³/mol. The van der Waals surface area contributed by atoms with Gasteiger partial charge in [-0.25, -0.2) is 8.42 Å². The zero-order chi connectivity index (χ0) is 18.6. The molecule has 0 spiro atoms. The van der Waals surface area contributed by atoms with Crippen molar-refractivity contribution in [2.75, 3.05) is 22.4 Å². The Bertz CT molecular complexity index is 935. The van der Waals surface area contributed by atoms with Gasteiger partial charge in [0, 0.05) is 10.7 Å². The van der Waals surface area contributed by atoms with Crippen molar-refractivity contribution in [1.29, 1.82) is 5.26 Å². The standard InChI is InChI=1S/C17H16ClN3O3S/c1-12-3-6-14(18)9-16(12)20-17(22)11-21(25(2,23)24)15-7-4-13(10-19)5-8-15/h3-9H,11H2,1-2H3,(H,20,22). The summed E-state index contributed by atoms with van der Waals surface area (Å²) in [5.74, 6) is -0.500. The molecule has 0 heterocycles. The number of benzene rings is 2. The van der Waals surface area contributed by atoms with E-state index < -0.39 is 22.5 Å². The Labute approximate surface area is 151 Å². The van der Waals surface area contributed by atoms with Gasteiger partial charge in [-0.3, -0.25) is 9.10 Å². The van der Waals surface area contributed by atoms with Gasteiger partial charge in [0.2, 0.25) is 15.9 Å². The van der Waals surface area contributed by atoms with Crippen LogP contribution >= 0.6 is 11.6 Å². The molecule has 0 fully saturated rings. The summed E-state index contributed by atoms with van der Waals surface area (Å²) >= 11 is 5.92. The van der Waals surface area contributed by atoms with Crippen molar-refractivity contribution in [3.63, 3.8) is 0 Å². The number of nitrogens with one attached hydrogen (secondary N) is 1. The topological polar surface area (TPSA) is 90.3 Å². The quantitative estimate of drug-likeness (QED) is 0.867. The molecule has 0 aromatic heterocycles. The lowest BCUT2D eigenvalue weighted by Crippen LogP contribution is -2.37. The first-order valence-corrected chi connectivity index (χ1v) is 9.47. The summed E-state index contributed by atoms with van der Waals surface area (Å²) in [5, 5.41) is 12.0. The lowest BCUT2D eigenvalue weighted by atomic mass is 10.2. The highest BCUT2D eigenvalue weighted by atomic mass is 35.5. The maximum Gasteiger partial charge on any atom is 0.245 e. The molecule has 0 aliphatic rings. The number of carbonyl (C=O) groups is 1. The molecule has 8 heteroatoms. The fourth-order valence-electron chi connectivity index (χ4n) is 2.15. The maximum absolute atomic E-state index is 12.3. The molecule has 1 amide bonds. The Morgan fingerprint density at radius 3 is 2.44 bits per heavy atom. The summed E-state index contributed by atoms with van der Waals surface area (Å²) in [7, 11) is -3.68. The number of anilines is 2. The lowest BCUT2D eigenvalue weighted by molar-refractivity contribution is -0.114. The van der Waals surface area contributed by atoms with Gasteiger partial charge in [0.25, 0.3) is 0 Å². The van der Waals surface area contributed by atoms with Gasteiger partial charge in [-0.15, -0.1) is 0 Å². The molecule has 0 aliphatic heterocycles. The average molecular weight is 378 g/mol. The number of sulfonamides is 1. The fourth-order valence-corrected chi connectivity index (χ4v) is 3.18. The largest absolute Gasteiger partial charge is 0.324 e. The van der Waals surface area contributed by atoms with Crippen LogP contribution in [0.4, 0.5) is 11.4 Å². The van der Waals surface area contributed by atoms with Gasteiger partial charge in [0.1, 0.15) is 6.54 Å². The molecule has 2 aromatic carbocycles. The second kappa shape index (κ2) is 7.55. The normalized spacial score (nSPS) is 10.8. The number of amides is 1. The highest BCUT2D eigenvalue weighted by Gasteiger charge is 2.21. The zero-order valence-electron chi connectivity index (χ0n) is 13.7. The molecule has 2 rings (SSSR count). The number of nitrogens with zero attached hydrogens (tertiary/aromatic N) is 2. The van der Waals surface area contributed by atoms with Crippen molar-refractivity contribution >= 4 is 38.9 Å². The lowest BCUT2D eigenvalue weighted by Gasteiger charge is -2.22. The van der Waals surface area contributed by atoms with E-state index in [2.05, 4.69) is 5.32 Å². The summed E-state index contributed by atoms with van der Waals surface area (Å²) in [5.41, 5.74) is 2.03. The number of hydrogen-bond acceptors (Lipinski definition) is 4. The molecule has 0 radical (unpaired) electrons. The van der Waals surface area contributed by atoms with Crippen molar-refractivity contribution in [3.8, 4) is 6.07 Å². The van der Waals surface area contributed by atoms with E-state index in [1.54, 1.807) is 25.1 Å². The van der Waals surface area contributed by atoms with Gasteiger partial charge in [-0.05, 0) is 48.9 Å². The van der Waals surface area contributed by atoms with Gasteiger partial charge in [0.05, 0.1) is 23.6 Å². The number of aryl methyl sites for hydroxylation is 1. The van der Waals surface area contributed by atoms with Crippen molar-refractivity contribution in [2.45, 2.75) is 6.92 Å². The first kappa shape index (κ1) is 18.8. The molecule has 25 heavy (non-hydrogen) atoms. The molecular weight excluding hydrogens is 362 g/mol. The van der Waals surface area contributed by atoms with Crippen LogP contribution in [0.25, 0.3) is 0 Å². The highest BCUT2D eigenvalue weighted by Crippen LogP contribution is 2.21. The number of carbonyl (C=O) groups excluding carboxylic acids is 1. The molecule has 0 bridgehead atoms. The van der Waals surface area contributed by atoms with Crippen molar-refractivity contribution in [1.82, 2.24) is 0 Å². The first-order chi connectivity index (χ1) is 11.7. The third-order valence-corrected chi connectivity index (χ3v) is 4.82. The van der Waals surface area contributed by atoms with Crippen LogP contribution in [-0.2, 0) is 14.8 Å². The molecule has 0 saturated heterocycles. The van der Waals surface area contributed by atoms with Gasteiger partial charge in [-0.1, -0.05) is 17.7 Å². The highest BCUT2D eigenvalue weighted by molar-refractivity contribution is 7.92. The van der Waals surface area contributed by atoms with E-state index in [9.17, 15) is 13.2 Å². The second-order valence-corrected chi connectivity index (χ2v) is 7.78. The molecule has 130 valence electrons. The monoisotopic (exact) mass is 377 g/mol. The van der Waals surface area contributed by atoms with Crippen LogP contribution in [0.15, 0.2) is 42.5 Å². The third-order valence-electron chi connectivity index (χ3n) is 3.45. The molecule has 6 nitrogen and oxygen atoms in total. The predicted octanol–water partition coefficient (Wildman–Crippen LogP) is 2.92. The molecule has 0 unspecified atom stereocenters. The summed E-state index contributed by atoms with van der Waals surface area (Å²) in [6.07, 6.45) is 1.02. The van der Waals surface area contributed by atoms with Crippen LogP contribution < -0.4 is 9.62 Å². The molecule has 2 aromatic rings. The SMILES string of the molecule is Cc1ccc(Cl)cc1NC(=O)CN(c1ccc(C#N)cc1)S(C)(=O)=O. The summed E-state index contributed by atoms with van der Waals surface area (Å²) < 4.78 is 25.1. The number of halogens is 1. The molecule has 0 saturated carbocycles. The minimum atomic E-state index is -3.68. The Morgan fingerprint density at radius 2 is 1.88 bits per heavy atom. The number of hydrogen-bond donors (Lipinski definition) is 1. The van der Waals surface area contributed by atoms with Gasteiger partial charge in [0.15, 0.2) is 0 Å². The maximum atomic E-state index is 12.3. The smallest absolute Gasteiger partial charge is 0.245 e. The molecule has 1 N–H and O–H groups in total. The van der Waals surface area contributed by atoms with Crippen LogP contribution in [0.1, 0.15) is 11.1 Å². The Kier molecular flexibility index (Phi) is 5.67. The average Bonchev–Trinajstić information content (AvgIpc) is 2.55. The van der Waals surface area contributed by atoms with Crippen LogP contribution in [0, 0.1) is 18.3 Å². The van der Waals surface area contributed by atoms with Gasteiger partial charge < -0.3 is 5.32 Å². The van der Waals surface area contributed by atoms with Crippen LogP contribution in [0.2, 0.25) is 5.02 Å². The van der Waals surface area contributed by atoms with E-state index in [0.29, 0.717) is 22.0 Å². The second-order valence-electron chi connectivity index (χ2n) is 5.44. The molecular formula is C17H16ClN3O3S. The first-order valence-electron chi connectivity index (χ1n) is 7.24. The van der Waals surface area contributed by atoms with Crippen LogP contribution in [-0.4, -0.2) is 27.1 Å². The summed E-state index contributed by atoms with van der Waals surface area (Å²) in [6, 6.07) is 13.0. The zero-order valence-corrected chi connectivity index (χ0v) is 15.2. The fraction of sp³-hybridized carbons (Fsp3) is 0.176. The van der Waals surface area contributed by atoms with Crippen LogP contribution in [0.3, 0.4) is 0 Å². The van der Waals surface area contributed by atoms with E-state index in [0.717, 1.165) is 16.1 Å². The van der Waals surface area contributed by atoms with E-state index >= 15 is 0 Å². The van der Waals surface area contributed by atoms with Crippen molar-refractivity contribution in [2.24, 2.45) is 0 Å². The number of nitriles is 1. The Hall–Kier alpha value is -2.56. The third kappa shape index (κ3) is 4.95. The molecule has 0 aliphatic carbocycles. The van der Waals surface area contributed by atoms with Crippen LogP contribution in [0.5, 0.6) is 0 Å². The summed E-state index contributed by atoms with van der Waals surface area (Å²) in [4.78, 5) is 12.3. The van der Waals surface area contributed by atoms with E-state index in [-0.39, 0.29) is 0 Å². The van der Waals surface area contributed by atoms with E-state index in [1.807, 2.05) is 6.07 Å². The Balaban J connectivity index is 2.23.